The Hall–Kier alpha value is -0.970. The fourth-order valence-electron chi connectivity index (χ4n) is 2.36. The first kappa shape index (κ1) is 14.4. The molecule has 0 aliphatic carbocycles. The van der Waals surface area contributed by atoms with E-state index in [0.717, 1.165) is 24.1 Å². The van der Waals surface area contributed by atoms with E-state index in [9.17, 15) is 4.39 Å². The summed E-state index contributed by atoms with van der Waals surface area (Å²) in [5.74, 6) is -0.188. The Morgan fingerprint density at radius 3 is 2.68 bits per heavy atom. The van der Waals surface area contributed by atoms with Gasteiger partial charge in [-0.15, -0.1) is 0 Å². The third kappa shape index (κ3) is 4.27. The van der Waals surface area contributed by atoms with E-state index in [-0.39, 0.29) is 18.1 Å². The second-order valence-electron chi connectivity index (χ2n) is 4.98. The van der Waals surface area contributed by atoms with Crippen LogP contribution in [-0.2, 0) is 9.47 Å². The van der Waals surface area contributed by atoms with Crippen LogP contribution in [0.25, 0.3) is 0 Å². The zero-order valence-corrected chi connectivity index (χ0v) is 11.6. The van der Waals surface area contributed by atoms with Crippen molar-refractivity contribution in [1.82, 2.24) is 5.32 Å². The van der Waals surface area contributed by atoms with Gasteiger partial charge >= 0.3 is 0 Å². The Kier molecular flexibility index (Phi) is 5.31. The molecule has 4 heteroatoms. The van der Waals surface area contributed by atoms with Crippen molar-refractivity contribution in [2.45, 2.75) is 39.0 Å². The Morgan fingerprint density at radius 1 is 1.32 bits per heavy atom. The van der Waals surface area contributed by atoms with Crippen LogP contribution < -0.4 is 5.32 Å². The molecule has 1 N–H and O–H groups in total. The predicted molar refractivity (Wildman–Crippen MR) is 72.5 cm³/mol. The summed E-state index contributed by atoms with van der Waals surface area (Å²) in [6, 6.07) is 5.22. The van der Waals surface area contributed by atoms with Crippen LogP contribution in [0.15, 0.2) is 18.2 Å². The van der Waals surface area contributed by atoms with E-state index in [1.165, 1.54) is 0 Å². The van der Waals surface area contributed by atoms with Gasteiger partial charge in [0.05, 0.1) is 13.2 Å². The molecule has 1 aromatic rings. The van der Waals surface area contributed by atoms with Crippen molar-refractivity contribution in [3.8, 4) is 0 Å². The molecule has 1 saturated heterocycles. The number of rotatable bonds is 6. The summed E-state index contributed by atoms with van der Waals surface area (Å²) in [5, 5.41) is 3.44. The standard InChI is InChI=1S/C15H22FNO2/c1-3-4-17-14(10-15-18-5-6-19-15)12-7-11(2)8-13(16)9-12/h7-9,14-15,17H,3-6,10H2,1-2H3. The molecule has 1 aliphatic rings. The van der Waals surface area contributed by atoms with Gasteiger partial charge < -0.3 is 14.8 Å². The van der Waals surface area contributed by atoms with Crippen molar-refractivity contribution in [3.05, 3.63) is 35.1 Å². The summed E-state index contributed by atoms with van der Waals surface area (Å²) < 4.78 is 24.5. The normalized spacial score (nSPS) is 17.8. The third-order valence-electron chi connectivity index (χ3n) is 3.23. The fourth-order valence-corrected chi connectivity index (χ4v) is 2.36. The number of halogens is 1. The summed E-state index contributed by atoms with van der Waals surface area (Å²) in [5.41, 5.74) is 1.90. The van der Waals surface area contributed by atoms with Gasteiger partial charge in [0.1, 0.15) is 5.82 Å². The van der Waals surface area contributed by atoms with Gasteiger partial charge in [0.15, 0.2) is 6.29 Å². The van der Waals surface area contributed by atoms with Gasteiger partial charge in [0.2, 0.25) is 0 Å². The minimum atomic E-state index is -0.188. The zero-order chi connectivity index (χ0) is 13.7. The lowest BCUT2D eigenvalue weighted by molar-refractivity contribution is -0.0530. The number of hydrogen-bond donors (Lipinski definition) is 1. The number of benzene rings is 1. The van der Waals surface area contributed by atoms with Gasteiger partial charge in [-0.25, -0.2) is 4.39 Å². The van der Waals surface area contributed by atoms with E-state index >= 15 is 0 Å². The highest BCUT2D eigenvalue weighted by Gasteiger charge is 2.22. The first-order chi connectivity index (χ1) is 9.19. The highest BCUT2D eigenvalue weighted by molar-refractivity contribution is 5.26. The molecule has 0 aromatic heterocycles. The monoisotopic (exact) mass is 267 g/mol. The highest BCUT2D eigenvalue weighted by Crippen LogP contribution is 2.24. The summed E-state index contributed by atoms with van der Waals surface area (Å²) in [6.45, 7) is 6.21. The third-order valence-corrected chi connectivity index (χ3v) is 3.23. The maximum absolute atomic E-state index is 13.5. The topological polar surface area (TPSA) is 30.5 Å². The average Bonchev–Trinajstić information content (AvgIpc) is 2.86. The Bertz CT molecular complexity index is 385. The molecular formula is C15H22FNO2. The van der Waals surface area contributed by atoms with Crippen molar-refractivity contribution in [2.24, 2.45) is 0 Å². The molecule has 19 heavy (non-hydrogen) atoms. The molecule has 1 heterocycles. The van der Waals surface area contributed by atoms with Crippen LogP contribution in [-0.4, -0.2) is 26.0 Å². The van der Waals surface area contributed by atoms with E-state index in [2.05, 4.69) is 12.2 Å². The molecule has 1 fully saturated rings. The minimum Gasteiger partial charge on any atom is -0.350 e. The van der Waals surface area contributed by atoms with Crippen molar-refractivity contribution >= 4 is 0 Å². The van der Waals surface area contributed by atoms with Crippen LogP contribution in [0.2, 0.25) is 0 Å². The van der Waals surface area contributed by atoms with Gasteiger partial charge in [-0.1, -0.05) is 13.0 Å². The molecule has 2 rings (SSSR count). The molecule has 1 atom stereocenters. The lowest BCUT2D eigenvalue weighted by Gasteiger charge is -2.22. The second kappa shape index (κ2) is 6.98. The van der Waals surface area contributed by atoms with Crippen molar-refractivity contribution < 1.29 is 13.9 Å². The van der Waals surface area contributed by atoms with Crippen LogP contribution >= 0.6 is 0 Å². The highest BCUT2D eigenvalue weighted by atomic mass is 19.1. The van der Waals surface area contributed by atoms with Crippen LogP contribution in [0, 0.1) is 12.7 Å². The van der Waals surface area contributed by atoms with Crippen molar-refractivity contribution in [1.29, 1.82) is 0 Å². The van der Waals surface area contributed by atoms with Gasteiger partial charge in [0.25, 0.3) is 0 Å². The molecule has 1 aliphatic heterocycles. The van der Waals surface area contributed by atoms with E-state index in [1.807, 2.05) is 13.0 Å². The molecule has 1 aromatic carbocycles. The van der Waals surface area contributed by atoms with Crippen LogP contribution in [0.4, 0.5) is 4.39 Å². The number of hydrogen-bond acceptors (Lipinski definition) is 3. The molecular weight excluding hydrogens is 245 g/mol. The number of ether oxygens (including phenoxy) is 2. The van der Waals surface area contributed by atoms with Crippen LogP contribution in [0.1, 0.15) is 36.9 Å². The second-order valence-corrected chi connectivity index (χ2v) is 4.98. The van der Waals surface area contributed by atoms with E-state index in [1.54, 1.807) is 12.1 Å². The molecule has 3 nitrogen and oxygen atoms in total. The lowest BCUT2D eigenvalue weighted by Crippen LogP contribution is -2.27. The molecule has 1 unspecified atom stereocenters. The Balaban J connectivity index is 2.10. The van der Waals surface area contributed by atoms with E-state index in [0.29, 0.717) is 19.6 Å². The maximum Gasteiger partial charge on any atom is 0.159 e. The lowest BCUT2D eigenvalue weighted by atomic mass is 10.0. The van der Waals surface area contributed by atoms with Crippen molar-refractivity contribution in [3.63, 3.8) is 0 Å². The SMILES string of the molecule is CCCNC(CC1OCCO1)c1cc(C)cc(F)c1. The van der Waals surface area contributed by atoms with E-state index < -0.39 is 0 Å². The first-order valence-electron chi connectivity index (χ1n) is 6.92. The van der Waals surface area contributed by atoms with E-state index in [4.69, 9.17) is 9.47 Å². The maximum atomic E-state index is 13.5. The van der Waals surface area contributed by atoms with Crippen LogP contribution in [0.5, 0.6) is 0 Å². The quantitative estimate of drug-likeness (QED) is 0.859. The molecule has 106 valence electrons. The Labute approximate surface area is 114 Å². The summed E-state index contributed by atoms with van der Waals surface area (Å²) in [4.78, 5) is 0. The largest absolute Gasteiger partial charge is 0.350 e. The van der Waals surface area contributed by atoms with Gasteiger partial charge in [-0.3, -0.25) is 0 Å². The van der Waals surface area contributed by atoms with Crippen molar-refractivity contribution in [2.75, 3.05) is 19.8 Å². The molecule has 0 amide bonds. The fraction of sp³-hybridized carbons (Fsp3) is 0.600. The molecule has 0 radical (unpaired) electrons. The van der Waals surface area contributed by atoms with Gasteiger partial charge in [-0.05, 0) is 43.1 Å². The van der Waals surface area contributed by atoms with Gasteiger partial charge in [0, 0.05) is 12.5 Å². The zero-order valence-electron chi connectivity index (χ0n) is 11.6. The van der Waals surface area contributed by atoms with Gasteiger partial charge in [-0.2, -0.15) is 0 Å². The summed E-state index contributed by atoms with van der Waals surface area (Å²) >= 11 is 0. The predicted octanol–water partition coefficient (Wildman–Crippen LogP) is 2.94. The minimum absolute atomic E-state index is 0.0671. The summed E-state index contributed by atoms with van der Waals surface area (Å²) in [7, 11) is 0. The molecule has 0 bridgehead atoms. The Morgan fingerprint density at radius 2 is 2.05 bits per heavy atom. The van der Waals surface area contributed by atoms with Crippen LogP contribution in [0.3, 0.4) is 0 Å². The molecule has 0 saturated carbocycles. The first-order valence-corrected chi connectivity index (χ1v) is 6.92. The number of aryl methyl sites for hydroxylation is 1. The molecule has 0 spiro atoms. The number of nitrogens with one attached hydrogen (secondary N) is 1. The smallest absolute Gasteiger partial charge is 0.159 e. The summed E-state index contributed by atoms with van der Waals surface area (Å²) in [6.07, 6.45) is 1.57. The average molecular weight is 267 g/mol.